The lowest BCUT2D eigenvalue weighted by molar-refractivity contribution is -0.738. The molecule has 1 aromatic rings. The van der Waals surface area contributed by atoms with E-state index >= 15 is 0 Å². The van der Waals surface area contributed by atoms with Crippen LogP contribution in [-0.2, 0) is 24.7 Å². The summed E-state index contributed by atoms with van der Waals surface area (Å²) in [6, 6.07) is 4.50. The average molecular weight is 395 g/mol. The van der Waals surface area contributed by atoms with E-state index in [4.69, 9.17) is 16.3 Å². The van der Waals surface area contributed by atoms with Gasteiger partial charge in [0.2, 0.25) is 17.4 Å². The number of carbonyl (C=O) groups is 3. The highest BCUT2D eigenvalue weighted by Crippen LogP contribution is 2.50. The molecule has 27 heavy (non-hydrogen) atoms. The molecule has 8 nitrogen and oxygen atoms in total. The Morgan fingerprint density at radius 3 is 2.78 bits per heavy atom. The van der Waals surface area contributed by atoms with Crippen molar-refractivity contribution in [3.05, 3.63) is 28.8 Å². The molecule has 0 aromatic heterocycles. The number of halogens is 1. The van der Waals surface area contributed by atoms with Gasteiger partial charge in [-0.15, -0.1) is 0 Å². The number of likely N-dealkylation sites (tertiary alicyclic amines) is 1. The summed E-state index contributed by atoms with van der Waals surface area (Å²) in [6.45, 7) is 1.90. The number of fused-ring (bicyclic) bond motifs is 4. The summed E-state index contributed by atoms with van der Waals surface area (Å²) in [7, 11) is 1.49. The topological polar surface area (TPSA) is 113 Å². The number of nitrogens with zero attached hydrogens (tertiary/aromatic N) is 1. The number of quaternary nitrogens is 1. The first-order chi connectivity index (χ1) is 12.8. The van der Waals surface area contributed by atoms with E-state index in [2.05, 4.69) is 5.32 Å². The number of carbonyl (C=O) groups excluding carboxylic acids is 3. The second kappa shape index (κ2) is 6.27. The van der Waals surface area contributed by atoms with Gasteiger partial charge in [0.05, 0.1) is 23.9 Å². The van der Waals surface area contributed by atoms with E-state index < -0.39 is 41.3 Å². The Bertz CT molecular complexity index is 844. The van der Waals surface area contributed by atoms with Gasteiger partial charge in [0.15, 0.2) is 0 Å². The molecule has 2 fully saturated rings. The second-order valence-electron chi connectivity index (χ2n) is 7.29. The summed E-state index contributed by atoms with van der Waals surface area (Å²) >= 11 is 6.24. The number of anilines is 1. The normalized spacial score (nSPS) is 32.8. The number of hydrogen-bond acceptors (Lipinski definition) is 5. The fourth-order valence-electron chi connectivity index (χ4n) is 4.78. The molecule has 2 saturated heterocycles. The fourth-order valence-corrected chi connectivity index (χ4v) is 5.00. The number of para-hydroxylation sites is 1. The average Bonchev–Trinajstić information content (AvgIpc) is 3.21. The van der Waals surface area contributed by atoms with Crippen molar-refractivity contribution in [2.24, 2.45) is 11.8 Å². The van der Waals surface area contributed by atoms with Crippen LogP contribution in [0.25, 0.3) is 0 Å². The molecule has 9 heteroatoms. The molecule has 3 amide bonds. The molecule has 0 radical (unpaired) electrons. The molecule has 0 aliphatic carbocycles. The summed E-state index contributed by atoms with van der Waals surface area (Å²) in [5, 5.41) is 15.1. The Hall–Kier alpha value is -2.00. The first kappa shape index (κ1) is 18.4. The molecule has 1 spiro atoms. The molecule has 144 valence electrons. The smallest absolute Gasteiger partial charge is 0.291 e. The van der Waals surface area contributed by atoms with E-state index in [1.165, 1.54) is 7.11 Å². The van der Waals surface area contributed by atoms with E-state index in [-0.39, 0.29) is 19.1 Å². The van der Waals surface area contributed by atoms with Crippen molar-refractivity contribution in [1.82, 2.24) is 4.90 Å². The lowest BCUT2D eigenvalue weighted by Crippen LogP contribution is -3.00. The lowest BCUT2D eigenvalue weighted by Gasteiger charge is -2.26. The van der Waals surface area contributed by atoms with Crippen LogP contribution in [0.2, 0.25) is 5.02 Å². The maximum Gasteiger partial charge on any atom is 0.291 e. The predicted octanol–water partition coefficient (Wildman–Crippen LogP) is -0.939. The Morgan fingerprint density at radius 2 is 2.11 bits per heavy atom. The van der Waals surface area contributed by atoms with Crippen LogP contribution in [-0.4, -0.2) is 60.1 Å². The number of benzene rings is 1. The minimum Gasteiger partial charge on any atom is -0.387 e. The van der Waals surface area contributed by atoms with Crippen molar-refractivity contribution in [1.29, 1.82) is 0 Å². The number of nitrogens with two attached hydrogens (primary N) is 1. The minimum atomic E-state index is -1.32. The number of amides is 3. The Balaban J connectivity index is 1.87. The van der Waals surface area contributed by atoms with Crippen molar-refractivity contribution in [2.45, 2.75) is 24.6 Å². The quantitative estimate of drug-likeness (QED) is 0.571. The predicted molar refractivity (Wildman–Crippen MR) is 94.7 cm³/mol. The van der Waals surface area contributed by atoms with Crippen LogP contribution < -0.4 is 10.6 Å². The van der Waals surface area contributed by atoms with Gasteiger partial charge in [-0.25, -0.2) is 0 Å². The number of hydrogen-bond donors (Lipinski definition) is 3. The van der Waals surface area contributed by atoms with Crippen LogP contribution in [0.1, 0.15) is 12.5 Å². The SMILES string of the molecule is COCCN1C(=O)[C@@H]2[C@@H]([C@H](C)O)[NH2+][C@]3(C(=O)Nc4c(Cl)cccc43)[C@@H]2C1=O. The van der Waals surface area contributed by atoms with E-state index in [1.54, 1.807) is 30.4 Å². The monoisotopic (exact) mass is 394 g/mol. The molecule has 4 N–H and O–H groups in total. The van der Waals surface area contributed by atoms with Gasteiger partial charge in [-0.1, -0.05) is 17.7 Å². The standard InChI is InChI=1S/C18H20ClN3O5/c1-8(23)13-11-12(16(25)22(15(11)24)6-7-27-2)18(21-13)9-4-3-5-10(19)14(9)20-17(18)26/h3-5,8,11-13,21,23H,6-7H2,1-2H3,(H,20,26)/p+1/t8-,11-,12-,13+,18-/m0/s1. The maximum atomic E-state index is 13.2. The van der Waals surface area contributed by atoms with Crippen molar-refractivity contribution >= 4 is 35.0 Å². The second-order valence-corrected chi connectivity index (χ2v) is 7.70. The third kappa shape index (κ3) is 2.30. The zero-order valence-corrected chi connectivity index (χ0v) is 15.7. The fraction of sp³-hybridized carbons (Fsp3) is 0.500. The van der Waals surface area contributed by atoms with Gasteiger partial charge in [0.25, 0.3) is 5.91 Å². The van der Waals surface area contributed by atoms with Crippen molar-refractivity contribution in [2.75, 3.05) is 25.6 Å². The van der Waals surface area contributed by atoms with Gasteiger partial charge in [-0.2, -0.15) is 0 Å². The molecule has 1 aromatic carbocycles. The zero-order chi connectivity index (χ0) is 19.5. The Labute approximate surface area is 160 Å². The summed E-state index contributed by atoms with van der Waals surface area (Å²) in [5.41, 5.74) is -0.282. The number of imide groups is 1. The largest absolute Gasteiger partial charge is 0.387 e. The highest BCUT2D eigenvalue weighted by molar-refractivity contribution is 6.35. The number of ether oxygens (including phenoxy) is 1. The number of methoxy groups -OCH3 is 1. The molecule has 0 unspecified atom stereocenters. The van der Waals surface area contributed by atoms with Crippen LogP contribution in [0.4, 0.5) is 5.69 Å². The Kier molecular flexibility index (Phi) is 4.27. The van der Waals surface area contributed by atoms with Crippen LogP contribution in [0.5, 0.6) is 0 Å². The van der Waals surface area contributed by atoms with Gasteiger partial charge in [-0.05, 0) is 19.1 Å². The van der Waals surface area contributed by atoms with Gasteiger partial charge in [0.1, 0.15) is 24.0 Å². The molecule has 0 saturated carbocycles. The molecule has 4 rings (SSSR count). The van der Waals surface area contributed by atoms with Crippen LogP contribution in [0, 0.1) is 11.8 Å². The first-order valence-corrected chi connectivity index (χ1v) is 9.21. The van der Waals surface area contributed by atoms with E-state index in [1.807, 2.05) is 0 Å². The van der Waals surface area contributed by atoms with Gasteiger partial charge in [0, 0.05) is 12.7 Å². The highest BCUT2D eigenvalue weighted by atomic mass is 35.5. The van der Waals surface area contributed by atoms with Crippen molar-refractivity contribution < 1.29 is 29.5 Å². The highest BCUT2D eigenvalue weighted by Gasteiger charge is 2.74. The molecular formula is C18H21ClN3O5+. The molecular weight excluding hydrogens is 374 g/mol. The maximum absolute atomic E-state index is 13.2. The summed E-state index contributed by atoms with van der Waals surface area (Å²) in [6.07, 6.45) is -0.882. The first-order valence-electron chi connectivity index (χ1n) is 8.83. The lowest BCUT2D eigenvalue weighted by atomic mass is 9.76. The number of rotatable bonds is 4. The number of aliphatic hydroxyl groups excluding tert-OH is 1. The van der Waals surface area contributed by atoms with Gasteiger partial charge < -0.3 is 20.5 Å². The molecule has 3 aliphatic rings. The van der Waals surface area contributed by atoms with Crippen LogP contribution in [0.3, 0.4) is 0 Å². The van der Waals surface area contributed by atoms with Crippen molar-refractivity contribution in [3.8, 4) is 0 Å². The Morgan fingerprint density at radius 1 is 1.37 bits per heavy atom. The van der Waals surface area contributed by atoms with Gasteiger partial charge in [-0.3, -0.25) is 19.3 Å². The summed E-state index contributed by atoms with van der Waals surface area (Å²) in [5.74, 6) is -2.86. The molecule has 5 atom stereocenters. The van der Waals surface area contributed by atoms with E-state index in [0.717, 1.165) is 4.90 Å². The molecule has 0 bridgehead atoms. The van der Waals surface area contributed by atoms with Crippen LogP contribution in [0.15, 0.2) is 18.2 Å². The zero-order valence-electron chi connectivity index (χ0n) is 14.9. The van der Waals surface area contributed by atoms with E-state index in [0.29, 0.717) is 16.3 Å². The summed E-state index contributed by atoms with van der Waals surface area (Å²) < 4.78 is 5.01. The summed E-state index contributed by atoms with van der Waals surface area (Å²) in [4.78, 5) is 40.5. The van der Waals surface area contributed by atoms with Crippen molar-refractivity contribution in [3.63, 3.8) is 0 Å². The van der Waals surface area contributed by atoms with E-state index in [9.17, 15) is 19.5 Å². The number of nitrogens with one attached hydrogen (secondary N) is 1. The third-order valence-corrected chi connectivity index (χ3v) is 6.27. The van der Waals surface area contributed by atoms with Crippen LogP contribution >= 0.6 is 11.6 Å². The minimum absolute atomic E-state index is 0.119. The molecule has 3 aliphatic heterocycles. The molecule has 3 heterocycles. The van der Waals surface area contributed by atoms with Gasteiger partial charge >= 0.3 is 0 Å². The number of aliphatic hydroxyl groups is 1. The third-order valence-electron chi connectivity index (χ3n) is 5.95.